The molecule has 0 aromatic heterocycles. The van der Waals surface area contributed by atoms with Crippen molar-refractivity contribution in [3.8, 4) is 0 Å². The molecule has 7 nitrogen and oxygen atoms in total. The summed E-state index contributed by atoms with van der Waals surface area (Å²) >= 11 is 0. The Morgan fingerprint density at radius 2 is 2.05 bits per heavy atom. The van der Waals surface area contributed by atoms with Crippen LogP contribution in [0.3, 0.4) is 0 Å². The van der Waals surface area contributed by atoms with Crippen molar-refractivity contribution in [3.05, 3.63) is 0 Å². The molecule has 0 aliphatic carbocycles. The molecule has 0 saturated carbocycles. The van der Waals surface area contributed by atoms with Crippen LogP contribution in [0.1, 0.15) is 27.2 Å². The number of methoxy groups -OCH3 is 1. The number of esters is 1. The fourth-order valence-corrected chi connectivity index (χ4v) is 1.70. The zero-order valence-corrected chi connectivity index (χ0v) is 11.7. The molecular weight excluding hydrogens is 252 g/mol. The summed E-state index contributed by atoms with van der Waals surface area (Å²) in [6, 6.07) is -0.639. The summed E-state index contributed by atoms with van der Waals surface area (Å²) in [7, 11) is 1.26. The number of hydrogen-bond donors (Lipinski definition) is 1. The first kappa shape index (κ1) is 15.3. The number of rotatable bonds is 3. The average Bonchev–Trinajstić information content (AvgIpc) is 2.59. The van der Waals surface area contributed by atoms with E-state index in [0.29, 0.717) is 13.0 Å². The van der Waals surface area contributed by atoms with Crippen molar-refractivity contribution in [2.75, 3.05) is 20.2 Å². The van der Waals surface area contributed by atoms with E-state index < -0.39 is 23.7 Å². The molecule has 1 N–H and O–H groups in total. The molecule has 1 atom stereocenters. The summed E-state index contributed by atoms with van der Waals surface area (Å²) in [5, 5.41) is 2.50. The largest absolute Gasteiger partial charge is 0.468 e. The third-order valence-electron chi connectivity index (χ3n) is 2.54. The summed E-state index contributed by atoms with van der Waals surface area (Å²) < 4.78 is 9.57. The number of carbonyl (C=O) groups excluding carboxylic acids is 3. The zero-order chi connectivity index (χ0) is 14.6. The Labute approximate surface area is 112 Å². The Bertz CT molecular complexity index is 375. The number of nitrogens with one attached hydrogen (secondary N) is 1. The third-order valence-corrected chi connectivity index (χ3v) is 2.54. The first-order chi connectivity index (χ1) is 8.73. The smallest absolute Gasteiger partial charge is 0.408 e. The zero-order valence-electron chi connectivity index (χ0n) is 11.7. The van der Waals surface area contributed by atoms with E-state index >= 15 is 0 Å². The van der Waals surface area contributed by atoms with E-state index in [1.807, 2.05) is 0 Å². The first-order valence-electron chi connectivity index (χ1n) is 6.08. The Morgan fingerprint density at radius 3 is 2.58 bits per heavy atom. The molecule has 1 fully saturated rings. The van der Waals surface area contributed by atoms with Gasteiger partial charge in [0.1, 0.15) is 18.2 Å². The summed E-state index contributed by atoms with van der Waals surface area (Å²) in [6.07, 6.45) is -0.180. The van der Waals surface area contributed by atoms with Crippen molar-refractivity contribution in [2.45, 2.75) is 38.8 Å². The summed E-state index contributed by atoms with van der Waals surface area (Å²) in [6.45, 7) is 5.54. The third kappa shape index (κ3) is 4.76. The van der Waals surface area contributed by atoms with E-state index in [9.17, 15) is 14.4 Å². The Hall–Kier alpha value is -1.79. The van der Waals surface area contributed by atoms with Gasteiger partial charge in [-0.25, -0.2) is 4.79 Å². The lowest BCUT2D eigenvalue weighted by Gasteiger charge is -2.21. The molecule has 1 saturated heterocycles. The summed E-state index contributed by atoms with van der Waals surface area (Å²) in [5.41, 5.74) is -0.614. The van der Waals surface area contributed by atoms with Crippen LogP contribution in [0, 0.1) is 0 Å². The van der Waals surface area contributed by atoms with Crippen molar-refractivity contribution in [1.29, 1.82) is 0 Å². The molecule has 0 radical (unpaired) electrons. The minimum Gasteiger partial charge on any atom is -0.468 e. The topological polar surface area (TPSA) is 84.9 Å². The number of hydrogen-bond acceptors (Lipinski definition) is 5. The monoisotopic (exact) mass is 272 g/mol. The van der Waals surface area contributed by atoms with Gasteiger partial charge in [0.05, 0.1) is 7.11 Å². The molecule has 19 heavy (non-hydrogen) atoms. The second-order valence-electron chi connectivity index (χ2n) is 5.32. The van der Waals surface area contributed by atoms with Crippen LogP contribution in [0.15, 0.2) is 0 Å². The molecular formula is C12H20N2O5. The van der Waals surface area contributed by atoms with Gasteiger partial charge in [0.15, 0.2) is 0 Å². The Balaban J connectivity index is 2.47. The highest BCUT2D eigenvalue weighted by Crippen LogP contribution is 2.13. The lowest BCUT2D eigenvalue weighted by molar-refractivity contribution is -0.145. The normalized spacial score (nSPS) is 19.3. The molecule has 0 aromatic carbocycles. The molecule has 0 aromatic rings. The van der Waals surface area contributed by atoms with Crippen LogP contribution in [-0.4, -0.2) is 54.7 Å². The maximum atomic E-state index is 11.9. The van der Waals surface area contributed by atoms with Crippen molar-refractivity contribution in [2.24, 2.45) is 0 Å². The standard InChI is InChI=1S/C12H20N2O5/c1-12(2,3)19-11(17)13-8-5-6-14(10(8)16)7-9(15)18-4/h8H,5-7H2,1-4H3,(H,13,17)/t8-/m1/s1. The maximum Gasteiger partial charge on any atom is 0.408 e. The SMILES string of the molecule is COC(=O)CN1CC[C@@H](NC(=O)OC(C)(C)C)C1=O. The van der Waals surface area contributed by atoms with Gasteiger partial charge < -0.3 is 19.7 Å². The van der Waals surface area contributed by atoms with Crippen molar-refractivity contribution < 1.29 is 23.9 Å². The predicted octanol–water partition coefficient (Wildman–Crippen LogP) is 0.285. The molecule has 1 aliphatic rings. The van der Waals surface area contributed by atoms with E-state index in [4.69, 9.17) is 4.74 Å². The van der Waals surface area contributed by atoms with Crippen LogP contribution < -0.4 is 5.32 Å². The molecule has 108 valence electrons. The predicted molar refractivity (Wildman–Crippen MR) is 66.4 cm³/mol. The van der Waals surface area contributed by atoms with Gasteiger partial charge in [-0.1, -0.05) is 0 Å². The number of amides is 2. The van der Waals surface area contributed by atoms with Crippen LogP contribution in [-0.2, 0) is 19.1 Å². The van der Waals surface area contributed by atoms with E-state index in [2.05, 4.69) is 10.1 Å². The van der Waals surface area contributed by atoms with E-state index in [0.717, 1.165) is 0 Å². The minimum atomic E-state index is -0.639. The second kappa shape index (κ2) is 5.90. The van der Waals surface area contributed by atoms with E-state index in [1.54, 1.807) is 20.8 Å². The number of likely N-dealkylation sites (tertiary alicyclic amines) is 1. The van der Waals surface area contributed by atoms with Gasteiger partial charge in [-0.05, 0) is 27.2 Å². The Kier molecular flexibility index (Phi) is 4.74. The van der Waals surface area contributed by atoms with Crippen LogP contribution in [0.2, 0.25) is 0 Å². The van der Waals surface area contributed by atoms with Gasteiger partial charge in [-0.2, -0.15) is 0 Å². The number of ether oxygens (including phenoxy) is 2. The second-order valence-corrected chi connectivity index (χ2v) is 5.32. The fraction of sp³-hybridized carbons (Fsp3) is 0.750. The van der Waals surface area contributed by atoms with Gasteiger partial charge in [0.25, 0.3) is 0 Å². The van der Waals surface area contributed by atoms with Crippen molar-refractivity contribution in [1.82, 2.24) is 10.2 Å². The van der Waals surface area contributed by atoms with E-state index in [1.165, 1.54) is 12.0 Å². The van der Waals surface area contributed by atoms with Gasteiger partial charge in [-0.3, -0.25) is 9.59 Å². The quantitative estimate of drug-likeness (QED) is 0.746. The highest BCUT2D eigenvalue weighted by Gasteiger charge is 2.34. The van der Waals surface area contributed by atoms with Crippen LogP contribution in [0.25, 0.3) is 0 Å². The van der Waals surface area contributed by atoms with Crippen molar-refractivity contribution >= 4 is 18.0 Å². The van der Waals surface area contributed by atoms with Gasteiger partial charge in [0.2, 0.25) is 5.91 Å². The van der Waals surface area contributed by atoms with Crippen LogP contribution >= 0.6 is 0 Å². The molecule has 0 unspecified atom stereocenters. The highest BCUT2D eigenvalue weighted by atomic mass is 16.6. The number of nitrogens with zero attached hydrogens (tertiary/aromatic N) is 1. The molecule has 1 rings (SSSR count). The van der Waals surface area contributed by atoms with E-state index in [-0.39, 0.29) is 12.5 Å². The molecule has 7 heteroatoms. The molecule has 1 heterocycles. The Morgan fingerprint density at radius 1 is 1.42 bits per heavy atom. The minimum absolute atomic E-state index is 0.0954. The van der Waals surface area contributed by atoms with Crippen LogP contribution in [0.4, 0.5) is 4.79 Å². The average molecular weight is 272 g/mol. The van der Waals surface area contributed by atoms with Gasteiger partial charge in [-0.15, -0.1) is 0 Å². The number of carbonyl (C=O) groups is 3. The first-order valence-corrected chi connectivity index (χ1v) is 6.08. The molecule has 2 amide bonds. The number of alkyl carbamates (subject to hydrolysis) is 1. The molecule has 0 spiro atoms. The molecule has 0 bridgehead atoms. The summed E-state index contributed by atoms with van der Waals surface area (Å²) in [4.78, 5) is 35.9. The van der Waals surface area contributed by atoms with Crippen LogP contribution in [0.5, 0.6) is 0 Å². The maximum absolute atomic E-state index is 11.9. The van der Waals surface area contributed by atoms with Gasteiger partial charge >= 0.3 is 12.1 Å². The lowest BCUT2D eigenvalue weighted by atomic mass is 10.2. The lowest BCUT2D eigenvalue weighted by Crippen LogP contribution is -2.44. The van der Waals surface area contributed by atoms with Crippen molar-refractivity contribution in [3.63, 3.8) is 0 Å². The fourth-order valence-electron chi connectivity index (χ4n) is 1.70. The highest BCUT2D eigenvalue weighted by molar-refractivity contribution is 5.90. The van der Waals surface area contributed by atoms with Gasteiger partial charge in [0, 0.05) is 6.54 Å². The summed E-state index contributed by atoms with van der Waals surface area (Å²) in [5.74, 6) is -0.775. The molecule has 1 aliphatic heterocycles.